The van der Waals surface area contributed by atoms with Crippen LogP contribution in [0.1, 0.15) is 0 Å². The largest absolute Gasteiger partial charge is 0.497 e. The van der Waals surface area contributed by atoms with Crippen LogP contribution < -0.4 is 4.74 Å². The lowest BCUT2D eigenvalue weighted by atomic mass is 10.2. The van der Waals surface area contributed by atoms with Crippen molar-refractivity contribution in [3.8, 4) is 17.2 Å². The van der Waals surface area contributed by atoms with Crippen molar-refractivity contribution in [2.75, 3.05) is 19.6 Å². The van der Waals surface area contributed by atoms with E-state index in [0.29, 0.717) is 5.89 Å². The lowest BCUT2D eigenvalue weighted by Gasteiger charge is -1.99. The molecule has 100 valence electrons. The average Bonchev–Trinajstić information content (AvgIpc) is 2.93. The summed E-state index contributed by atoms with van der Waals surface area (Å²) in [6.07, 6.45) is 3.91. The molecule has 0 aliphatic carbocycles. The van der Waals surface area contributed by atoms with Gasteiger partial charge in [-0.15, -0.1) is 28.6 Å². The van der Waals surface area contributed by atoms with E-state index in [0.717, 1.165) is 15.7 Å². The molecular weight excluding hydrogens is 282 g/mol. The van der Waals surface area contributed by atoms with Gasteiger partial charge >= 0.3 is 6.01 Å². The zero-order chi connectivity index (χ0) is 13.7. The van der Waals surface area contributed by atoms with Gasteiger partial charge in [0.2, 0.25) is 5.89 Å². The number of aromatic nitrogens is 2. The number of hydrogen-bond donors (Lipinski definition) is 0. The van der Waals surface area contributed by atoms with Crippen LogP contribution in [-0.2, 0) is 0 Å². The number of hydrogen-bond acceptors (Lipinski definition) is 7. The van der Waals surface area contributed by atoms with Gasteiger partial charge in [0.05, 0.1) is 7.11 Å². The van der Waals surface area contributed by atoms with Gasteiger partial charge in [0, 0.05) is 5.56 Å². The maximum absolute atomic E-state index is 5.50. The minimum absolute atomic E-state index is 0.268. The Kier molecular flexibility index (Phi) is 4.86. The third-order valence-corrected chi connectivity index (χ3v) is 4.17. The van der Waals surface area contributed by atoms with E-state index in [-0.39, 0.29) is 6.01 Å². The van der Waals surface area contributed by atoms with E-state index in [2.05, 4.69) is 15.2 Å². The summed E-state index contributed by atoms with van der Waals surface area (Å²) in [5.41, 5.74) is 0.838. The van der Waals surface area contributed by atoms with Crippen LogP contribution in [-0.4, -0.2) is 34.2 Å². The van der Waals surface area contributed by atoms with Crippen LogP contribution in [0.2, 0.25) is 0 Å². The first-order chi connectivity index (χ1) is 9.26. The van der Waals surface area contributed by atoms with Crippen LogP contribution in [0.4, 0.5) is 6.01 Å². The molecule has 0 fully saturated rings. The zero-order valence-corrected chi connectivity index (χ0v) is 12.4. The van der Waals surface area contributed by atoms with Gasteiger partial charge in [-0.05, 0) is 36.8 Å². The Hall–Kier alpha value is -1.47. The highest BCUT2D eigenvalue weighted by molar-refractivity contribution is 8.38. The SMILES string of the molecule is COc1ccc(-c2nnc(N=C(SC)SC)o2)cc1. The summed E-state index contributed by atoms with van der Waals surface area (Å²) in [6, 6.07) is 7.69. The Bertz CT molecular complexity index is 561. The quantitative estimate of drug-likeness (QED) is 0.638. The molecule has 7 heteroatoms. The highest BCUT2D eigenvalue weighted by Crippen LogP contribution is 2.25. The summed E-state index contributed by atoms with van der Waals surface area (Å²) in [4.78, 5) is 4.25. The van der Waals surface area contributed by atoms with E-state index in [1.807, 2.05) is 36.8 Å². The van der Waals surface area contributed by atoms with Gasteiger partial charge < -0.3 is 9.15 Å². The molecule has 1 aromatic carbocycles. The highest BCUT2D eigenvalue weighted by Gasteiger charge is 2.08. The molecule has 2 aromatic rings. The monoisotopic (exact) mass is 295 g/mol. The Labute approximate surface area is 119 Å². The van der Waals surface area contributed by atoms with Gasteiger partial charge in [-0.1, -0.05) is 5.10 Å². The van der Waals surface area contributed by atoms with Crippen molar-refractivity contribution in [3.05, 3.63) is 24.3 Å². The molecular formula is C12H13N3O2S2. The van der Waals surface area contributed by atoms with E-state index in [1.165, 1.54) is 0 Å². The lowest BCUT2D eigenvalue weighted by molar-refractivity contribution is 0.415. The van der Waals surface area contributed by atoms with Gasteiger partial charge in [-0.3, -0.25) is 0 Å². The molecule has 0 saturated heterocycles. The van der Waals surface area contributed by atoms with Crippen molar-refractivity contribution < 1.29 is 9.15 Å². The fraction of sp³-hybridized carbons (Fsp3) is 0.250. The summed E-state index contributed by atoms with van der Waals surface area (Å²) in [7, 11) is 1.63. The Balaban J connectivity index is 2.22. The molecule has 1 heterocycles. The second kappa shape index (κ2) is 6.63. The van der Waals surface area contributed by atoms with Crippen LogP contribution in [0.25, 0.3) is 11.5 Å². The normalized spacial score (nSPS) is 10.3. The van der Waals surface area contributed by atoms with Gasteiger partial charge in [0.15, 0.2) is 0 Å². The standard InChI is InChI=1S/C12H13N3O2S2/c1-16-9-6-4-8(5-7-9)10-14-15-11(17-10)13-12(18-2)19-3/h4-7H,1-3H3. The second-order valence-electron chi connectivity index (χ2n) is 3.40. The molecule has 2 rings (SSSR count). The molecule has 0 bridgehead atoms. The highest BCUT2D eigenvalue weighted by atomic mass is 32.2. The predicted molar refractivity (Wildman–Crippen MR) is 80.4 cm³/mol. The van der Waals surface area contributed by atoms with Crippen LogP contribution >= 0.6 is 23.5 Å². The van der Waals surface area contributed by atoms with E-state index >= 15 is 0 Å². The number of rotatable bonds is 3. The molecule has 1 aromatic heterocycles. The van der Waals surface area contributed by atoms with Gasteiger partial charge in [-0.2, -0.15) is 4.99 Å². The topological polar surface area (TPSA) is 60.5 Å². The zero-order valence-electron chi connectivity index (χ0n) is 10.8. The second-order valence-corrected chi connectivity index (χ2v) is 5.25. The van der Waals surface area contributed by atoms with E-state index in [9.17, 15) is 0 Å². The Morgan fingerprint density at radius 2 is 1.84 bits per heavy atom. The smallest absolute Gasteiger partial charge is 0.344 e. The molecule has 0 N–H and O–H groups in total. The van der Waals surface area contributed by atoms with E-state index < -0.39 is 0 Å². The first-order valence-electron chi connectivity index (χ1n) is 5.41. The molecule has 0 unspecified atom stereocenters. The number of benzene rings is 1. The summed E-state index contributed by atoms with van der Waals surface area (Å²) >= 11 is 3.09. The average molecular weight is 295 g/mol. The van der Waals surface area contributed by atoms with Crippen LogP contribution in [0.5, 0.6) is 5.75 Å². The maximum atomic E-state index is 5.50. The van der Waals surface area contributed by atoms with Crippen LogP contribution in [0, 0.1) is 0 Å². The first-order valence-corrected chi connectivity index (χ1v) is 7.86. The molecule has 0 radical (unpaired) electrons. The summed E-state index contributed by atoms with van der Waals surface area (Å²) in [6.45, 7) is 0. The third-order valence-electron chi connectivity index (χ3n) is 2.29. The Morgan fingerprint density at radius 1 is 1.16 bits per heavy atom. The summed E-state index contributed by atoms with van der Waals surface area (Å²) in [5, 5.41) is 7.89. The van der Waals surface area contributed by atoms with Crippen LogP contribution in [0.15, 0.2) is 33.7 Å². The van der Waals surface area contributed by atoms with Crippen molar-refractivity contribution in [1.82, 2.24) is 10.2 Å². The summed E-state index contributed by atoms with van der Waals surface area (Å²) in [5.74, 6) is 1.23. The number of ether oxygens (including phenoxy) is 1. The van der Waals surface area contributed by atoms with Gasteiger partial charge in [0.25, 0.3) is 0 Å². The van der Waals surface area contributed by atoms with Crippen LogP contribution in [0.3, 0.4) is 0 Å². The van der Waals surface area contributed by atoms with Crippen molar-refractivity contribution in [2.45, 2.75) is 0 Å². The first kappa shape index (κ1) is 14.0. The minimum Gasteiger partial charge on any atom is -0.497 e. The minimum atomic E-state index is 0.268. The third kappa shape index (κ3) is 3.51. The summed E-state index contributed by atoms with van der Waals surface area (Å²) < 4.78 is 11.5. The molecule has 0 saturated carbocycles. The fourth-order valence-electron chi connectivity index (χ4n) is 1.36. The van der Waals surface area contributed by atoms with Crippen molar-refractivity contribution in [1.29, 1.82) is 0 Å². The van der Waals surface area contributed by atoms with Gasteiger partial charge in [-0.25, -0.2) is 0 Å². The molecule has 0 amide bonds. The number of aliphatic imine (C=N–C) groups is 1. The molecule has 0 spiro atoms. The molecule has 0 aliphatic heterocycles. The molecule has 5 nitrogen and oxygen atoms in total. The lowest BCUT2D eigenvalue weighted by Crippen LogP contribution is -1.82. The Morgan fingerprint density at radius 3 is 2.42 bits per heavy atom. The van der Waals surface area contributed by atoms with Crippen molar-refractivity contribution in [3.63, 3.8) is 0 Å². The number of methoxy groups -OCH3 is 1. The molecule has 19 heavy (non-hydrogen) atoms. The molecule has 0 aliphatic rings. The van der Waals surface area contributed by atoms with Gasteiger partial charge in [0.1, 0.15) is 10.1 Å². The maximum Gasteiger partial charge on any atom is 0.344 e. The van der Waals surface area contributed by atoms with E-state index in [1.54, 1.807) is 30.6 Å². The fourth-order valence-corrected chi connectivity index (χ4v) is 2.37. The van der Waals surface area contributed by atoms with E-state index in [4.69, 9.17) is 9.15 Å². The number of thioether (sulfide) groups is 2. The predicted octanol–water partition coefficient (Wildman–Crippen LogP) is 3.46. The van der Waals surface area contributed by atoms with Crippen molar-refractivity contribution in [2.24, 2.45) is 4.99 Å². The van der Waals surface area contributed by atoms with Crippen molar-refractivity contribution >= 4 is 33.9 Å². The molecule has 0 atom stereocenters. The number of nitrogens with zero attached hydrogens (tertiary/aromatic N) is 3.